The molecule has 2 rings (SSSR count). The maximum Gasteiger partial charge on any atom is 0.256 e. The standard InChI is InChI=1S/C15H20N2O/c1-3-10-16-14-9-5-4-8-13(14)15(18)17-11-6-7-12(17)2/h3-5,8-9,12,16H,1,6-7,10-11H2,2H3. The molecule has 1 aliphatic heterocycles. The van der Waals surface area contributed by atoms with Gasteiger partial charge in [-0.05, 0) is 31.9 Å². The molecule has 1 atom stereocenters. The van der Waals surface area contributed by atoms with Gasteiger partial charge in [-0.15, -0.1) is 6.58 Å². The van der Waals surface area contributed by atoms with Gasteiger partial charge in [-0.3, -0.25) is 4.79 Å². The molecule has 0 radical (unpaired) electrons. The number of carbonyl (C=O) groups excluding carboxylic acids is 1. The summed E-state index contributed by atoms with van der Waals surface area (Å²) < 4.78 is 0. The molecule has 1 aliphatic rings. The predicted molar refractivity (Wildman–Crippen MR) is 74.9 cm³/mol. The highest BCUT2D eigenvalue weighted by molar-refractivity contribution is 5.99. The molecule has 96 valence electrons. The number of nitrogens with zero attached hydrogens (tertiary/aromatic N) is 1. The average molecular weight is 244 g/mol. The highest BCUT2D eigenvalue weighted by Gasteiger charge is 2.27. The van der Waals surface area contributed by atoms with Crippen LogP contribution in [0, 0.1) is 0 Å². The molecule has 3 nitrogen and oxygen atoms in total. The van der Waals surface area contributed by atoms with Gasteiger partial charge in [-0.25, -0.2) is 0 Å². The number of likely N-dealkylation sites (tertiary alicyclic amines) is 1. The summed E-state index contributed by atoms with van der Waals surface area (Å²) in [5, 5.41) is 3.22. The number of rotatable bonds is 4. The first kappa shape index (κ1) is 12.7. The SMILES string of the molecule is C=CCNc1ccccc1C(=O)N1CCCC1C. The van der Waals surface area contributed by atoms with Gasteiger partial charge < -0.3 is 10.2 Å². The van der Waals surface area contributed by atoms with E-state index < -0.39 is 0 Å². The molecule has 0 aromatic heterocycles. The molecule has 1 N–H and O–H groups in total. The van der Waals surface area contributed by atoms with Crippen molar-refractivity contribution in [1.82, 2.24) is 4.90 Å². The van der Waals surface area contributed by atoms with Gasteiger partial charge in [0.2, 0.25) is 0 Å². The number of nitrogens with one attached hydrogen (secondary N) is 1. The maximum absolute atomic E-state index is 12.5. The van der Waals surface area contributed by atoms with E-state index in [2.05, 4.69) is 18.8 Å². The fourth-order valence-corrected chi connectivity index (χ4v) is 2.40. The van der Waals surface area contributed by atoms with Gasteiger partial charge in [0.25, 0.3) is 5.91 Å². The molecule has 0 aliphatic carbocycles. The molecule has 0 spiro atoms. The molecule has 1 aromatic rings. The third-order valence-corrected chi connectivity index (χ3v) is 3.41. The van der Waals surface area contributed by atoms with Crippen LogP contribution in [0.2, 0.25) is 0 Å². The summed E-state index contributed by atoms with van der Waals surface area (Å²) in [5.74, 6) is 0.132. The monoisotopic (exact) mass is 244 g/mol. The van der Waals surface area contributed by atoms with Crippen molar-refractivity contribution in [2.75, 3.05) is 18.4 Å². The van der Waals surface area contributed by atoms with Crippen LogP contribution in [0.4, 0.5) is 5.69 Å². The molecule has 0 bridgehead atoms. The van der Waals surface area contributed by atoms with E-state index in [0.29, 0.717) is 12.6 Å². The normalized spacial score (nSPS) is 18.7. The number of hydrogen-bond donors (Lipinski definition) is 1. The van der Waals surface area contributed by atoms with Gasteiger partial charge in [-0.2, -0.15) is 0 Å². The quantitative estimate of drug-likeness (QED) is 0.826. The second kappa shape index (κ2) is 5.71. The Morgan fingerprint density at radius 3 is 3.00 bits per heavy atom. The van der Waals surface area contributed by atoms with Gasteiger partial charge in [0.15, 0.2) is 0 Å². The zero-order valence-electron chi connectivity index (χ0n) is 10.9. The van der Waals surface area contributed by atoms with Crippen LogP contribution in [0.25, 0.3) is 0 Å². The second-order valence-electron chi connectivity index (χ2n) is 4.70. The number of hydrogen-bond acceptors (Lipinski definition) is 2. The summed E-state index contributed by atoms with van der Waals surface area (Å²) in [5.41, 5.74) is 1.65. The summed E-state index contributed by atoms with van der Waals surface area (Å²) >= 11 is 0. The maximum atomic E-state index is 12.5. The second-order valence-corrected chi connectivity index (χ2v) is 4.70. The van der Waals surface area contributed by atoms with Crippen molar-refractivity contribution in [2.45, 2.75) is 25.8 Å². The Labute approximate surface area is 108 Å². The molecule has 1 heterocycles. The first-order valence-corrected chi connectivity index (χ1v) is 6.49. The van der Waals surface area contributed by atoms with Crippen LogP contribution in [0.15, 0.2) is 36.9 Å². The van der Waals surface area contributed by atoms with E-state index in [1.165, 1.54) is 0 Å². The van der Waals surface area contributed by atoms with Gasteiger partial charge in [0.1, 0.15) is 0 Å². The van der Waals surface area contributed by atoms with Gasteiger partial charge >= 0.3 is 0 Å². The fourth-order valence-electron chi connectivity index (χ4n) is 2.40. The van der Waals surface area contributed by atoms with Crippen molar-refractivity contribution in [3.05, 3.63) is 42.5 Å². The van der Waals surface area contributed by atoms with Crippen molar-refractivity contribution in [2.24, 2.45) is 0 Å². The lowest BCUT2D eigenvalue weighted by atomic mass is 10.1. The van der Waals surface area contributed by atoms with Crippen LogP contribution in [0.1, 0.15) is 30.1 Å². The Kier molecular flexibility index (Phi) is 4.03. The van der Waals surface area contributed by atoms with E-state index in [1.807, 2.05) is 29.2 Å². The van der Waals surface area contributed by atoms with Crippen molar-refractivity contribution < 1.29 is 4.79 Å². The van der Waals surface area contributed by atoms with Crippen molar-refractivity contribution in [1.29, 1.82) is 0 Å². The Morgan fingerprint density at radius 2 is 2.33 bits per heavy atom. The van der Waals surface area contributed by atoms with E-state index >= 15 is 0 Å². The molecular weight excluding hydrogens is 224 g/mol. The Morgan fingerprint density at radius 1 is 1.56 bits per heavy atom. The molecule has 1 amide bonds. The van der Waals surface area contributed by atoms with Crippen molar-refractivity contribution in [3.63, 3.8) is 0 Å². The molecule has 0 saturated carbocycles. The number of amides is 1. The summed E-state index contributed by atoms with van der Waals surface area (Å²) in [4.78, 5) is 14.5. The largest absolute Gasteiger partial charge is 0.381 e. The first-order chi connectivity index (χ1) is 8.74. The van der Waals surface area contributed by atoms with E-state index in [0.717, 1.165) is 30.6 Å². The van der Waals surface area contributed by atoms with E-state index in [1.54, 1.807) is 6.08 Å². The van der Waals surface area contributed by atoms with Crippen LogP contribution in [-0.4, -0.2) is 29.9 Å². The predicted octanol–water partition coefficient (Wildman–Crippen LogP) is 2.91. The van der Waals surface area contributed by atoms with Crippen molar-refractivity contribution in [3.8, 4) is 0 Å². The minimum absolute atomic E-state index is 0.132. The Bertz CT molecular complexity index is 442. The van der Waals surface area contributed by atoms with E-state index in [-0.39, 0.29) is 5.91 Å². The lowest BCUT2D eigenvalue weighted by Crippen LogP contribution is -2.34. The molecule has 18 heavy (non-hydrogen) atoms. The molecule has 3 heteroatoms. The third-order valence-electron chi connectivity index (χ3n) is 3.41. The lowest BCUT2D eigenvalue weighted by molar-refractivity contribution is 0.0748. The third kappa shape index (κ3) is 2.55. The topological polar surface area (TPSA) is 32.3 Å². The summed E-state index contributed by atoms with van der Waals surface area (Å²) in [7, 11) is 0. The number of benzene rings is 1. The van der Waals surface area contributed by atoms with Gasteiger partial charge in [-0.1, -0.05) is 18.2 Å². The van der Waals surface area contributed by atoms with Gasteiger partial charge in [0, 0.05) is 24.8 Å². The highest BCUT2D eigenvalue weighted by Crippen LogP contribution is 2.23. The Hall–Kier alpha value is -1.77. The summed E-state index contributed by atoms with van der Waals surface area (Å²) in [6.07, 6.45) is 4.00. The summed E-state index contributed by atoms with van der Waals surface area (Å²) in [6, 6.07) is 8.03. The van der Waals surface area contributed by atoms with E-state index in [9.17, 15) is 4.79 Å². The van der Waals surface area contributed by atoms with Gasteiger partial charge in [0.05, 0.1) is 5.56 Å². The zero-order chi connectivity index (χ0) is 13.0. The molecule has 1 saturated heterocycles. The van der Waals surface area contributed by atoms with Crippen molar-refractivity contribution >= 4 is 11.6 Å². The molecule has 1 unspecified atom stereocenters. The summed E-state index contributed by atoms with van der Waals surface area (Å²) in [6.45, 7) is 7.34. The smallest absolute Gasteiger partial charge is 0.256 e. The number of carbonyl (C=O) groups is 1. The Balaban J connectivity index is 2.21. The minimum atomic E-state index is 0.132. The number of anilines is 1. The molecule has 1 fully saturated rings. The first-order valence-electron chi connectivity index (χ1n) is 6.49. The van der Waals surface area contributed by atoms with Crippen LogP contribution in [-0.2, 0) is 0 Å². The zero-order valence-corrected chi connectivity index (χ0v) is 10.9. The highest BCUT2D eigenvalue weighted by atomic mass is 16.2. The van der Waals surface area contributed by atoms with Crippen LogP contribution < -0.4 is 5.32 Å². The number of para-hydroxylation sites is 1. The molecular formula is C15H20N2O. The van der Waals surface area contributed by atoms with E-state index in [4.69, 9.17) is 0 Å². The fraction of sp³-hybridized carbons (Fsp3) is 0.400. The van der Waals surface area contributed by atoms with Crippen LogP contribution in [0.5, 0.6) is 0 Å². The lowest BCUT2D eigenvalue weighted by Gasteiger charge is -2.23. The minimum Gasteiger partial charge on any atom is -0.381 e. The van der Waals surface area contributed by atoms with Crippen LogP contribution >= 0.6 is 0 Å². The average Bonchev–Trinajstić information content (AvgIpc) is 2.82. The van der Waals surface area contributed by atoms with Crippen LogP contribution in [0.3, 0.4) is 0 Å². The molecule has 1 aromatic carbocycles.